The number of phenols is 1. The Morgan fingerprint density at radius 3 is 2.76 bits per heavy atom. The molecule has 2 fully saturated rings. The first kappa shape index (κ1) is 18.1. The Bertz CT molecular complexity index is 1060. The molecule has 4 heterocycles. The fourth-order valence-electron chi connectivity index (χ4n) is 4.13. The van der Waals surface area contributed by atoms with E-state index in [1.165, 1.54) is 0 Å². The van der Waals surface area contributed by atoms with E-state index in [2.05, 4.69) is 25.8 Å². The quantitative estimate of drug-likeness (QED) is 0.625. The second-order valence-electron chi connectivity index (χ2n) is 7.66. The number of aromatic hydroxyl groups is 1. The summed E-state index contributed by atoms with van der Waals surface area (Å²) in [5.74, 6) is -2.08. The summed E-state index contributed by atoms with van der Waals surface area (Å²) in [7, 11) is 1.81. The lowest BCUT2D eigenvalue weighted by Crippen LogP contribution is -2.61. The Balaban J connectivity index is 1.39. The zero-order chi connectivity index (χ0) is 20.2. The minimum Gasteiger partial charge on any atom is -0.507 e. The van der Waals surface area contributed by atoms with Crippen molar-refractivity contribution in [1.82, 2.24) is 25.8 Å². The summed E-state index contributed by atoms with van der Waals surface area (Å²) in [5.41, 5.74) is 1.10. The van der Waals surface area contributed by atoms with Crippen LogP contribution in [0, 0.1) is 0 Å². The molecule has 2 bridgehead atoms. The number of anilines is 1. The van der Waals surface area contributed by atoms with Crippen LogP contribution in [0.5, 0.6) is 5.75 Å². The number of hydrogen-bond acceptors (Lipinski definition) is 7. The maximum atomic E-state index is 13.9. The Kier molecular flexibility index (Phi) is 4.11. The SMILES string of the molecule is CN(c1ccc(-c2cc3ccncc3cc2O)nn1)[C@@H]1CC2CC(F)(F)C(N2)N1. The summed E-state index contributed by atoms with van der Waals surface area (Å²) in [4.78, 5) is 5.88. The van der Waals surface area contributed by atoms with Gasteiger partial charge in [0.25, 0.3) is 5.92 Å². The summed E-state index contributed by atoms with van der Waals surface area (Å²) < 4.78 is 27.9. The minimum atomic E-state index is -2.75. The van der Waals surface area contributed by atoms with Gasteiger partial charge in [-0.25, -0.2) is 8.78 Å². The zero-order valence-electron chi connectivity index (χ0n) is 15.7. The molecule has 0 radical (unpaired) electrons. The number of halogens is 2. The van der Waals surface area contributed by atoms with Gasteiger partial charge in [0.1, 0.15) is 11.9 Å². The molecule has 1 aromatic carbocycles. The summed E-state index contributed by atoms with van der Waals surface area (Å²) in [6.07, 6.45) is 2.48. The number of phenolic OH excluding ortho intramolecular Hbond substituents is 1. The molecule has 0 aliphatic carbocycles. The Labute approximate surface area is 165 Å². The highest BCUT2D eigenvalue weighted by molar-refractivity contribution is 5.89. The zero-order valence-corrected chi connectivity index (χ0v) is 15.7. The van der Waals surface area contributed by atoms with Crippen molar-refractivity contribution in [3.8, 4) is 17.0 Å². The number of benzene rings is 1. The maximum Gasteiger partial charge on any atom is 0.277 e. The van der Waals surface area contributed by atoms with E-state index in [-0.39, 0.29) is 24.4 Å². The third-order valence-corrected chi connectivity index (χ3v) is 5.72. The fourth-order valence-corrected chi connectivity index (χ4v) is 4.13. The summed E-state index contributed by atoms with van der Waals surface area (Å²) in [6.45, 7) is 0. The molecular formula is C20H20F2N6O. The molecular weight excluding hydrogens is 378 g/mol. The third kappa shape index (κ3) is 3.16. The van der Waals surface area contributed by atoms with Crippen molar-refractivity contribution in [3.63, 3.8) is 0 Å². The standard InChI is InChI=1S/C20H20F2N6O/c1-28(18-8-13-9-20(21,22)19(24-13)25-18)17-3-2-15(26-27-17)14-6-11-4-5-23-10-12(11)7-16(14)29/h2-7,10,13,18-19,24-25,29H,8-9H2,1H3/t13?,18-,19?/m1/s1. The number of fused-ring (bicyclic) bond motifs is 3. The first-order valence-corrected chi connectivity index (χ1v) is 9.44. The molecule has 9 heteroatoms. The third-order valence-electron chi connectivity index (χ3n) is 5.72. The normalized spacial score (nSPS) is 25.3. The monoisotopic (exact) mass is 398 g/mol. The molecule has 7 nitrogen and oxygen atoms in total. The molecule has 5 rings (SSSR count). The van der Waals surface area contributed by atoms with Crippen molar-refractivity contribution in [2.45, 2.75) is 37.1 Å². The predicted molar refractivity (Wildman–Crippen MR) is 105 cm³/mol. The van der Waals surface area contributed by atoms with E-state index in [0.717, 1.165) is 10.8 Å². The molecule has 2 aliphatic rings. The van der Waals surface area contributed by atoms with Gasteiger partial charge in [-0.1, -0.05) is 0 Å². The van der Waals surface area contributed by atoms with Crippen LogP contribution in [0.1, 0.15) is 12.8 Å². The lowest BCUT2D eigenvalue weighted by molar-refractivity contribution is -0.0219. The molecule has 2 unspecified atom stereocenters. The number of rotatable bonds is 3. The number of pyridine rings is 1. The van der Waals surface area contributed by atoms with E-state index >= 15 is 0 Å². The number of alkyl halides is 2. The Morgan fingerprint density at radius 1 is 1.14 bits per heavy atom. The van der Waals surface area contributed by atoms with Crippen LogP contribution in [0.25, 0.3) is 22.0 Å². The Morgan fingerprint density at radius 2 is 2.00 bits per heavy atom. The number of hydrogen-bond donors (Lipinski definition) is 3. The van der Waals surface area contributed by atoms with E-state index in [1.54, 1.807) is 30.6 Å². The van der Waals surface area contributed by atoms with Gasteiger partial charge in [-0.15, -0.1) is 10.2 Å². The van der Waals surface area contributed by atoms with Gasteiger partial charge in [-0.05, 0) is 42.1 Å². The van der Waals surface area contributed by atoms with Gasteiger partial charge >= 0.3 is 0 Å². The van der Waals surface area contributed by atoms with Crippen LogP contribution in [-0.4, -0.2) is 51.6 Å². The second-order valence-corrected chi connectivity index (χ2v) is 7.66. The molecule has 29 heavy (non-hydrogen) atoms. The van der Waals surface area contributed by atoms with Gasteiger partial charge in [0.15, 0.2) is 5.82 Å². The van der Waals surface area contributed by atoms with Crippen LogP contribution in [0.3, 0.4) is 0 Å². The van der Waals surface area contributed by atoms with Crippen molar-refractivity contribution in [2.24, 2.45) is 0 Å². The first-order chi connectivity index (χ1) is 13.9. The van der Waals surface area contributed by atoms with Crippen molar-refractivity contribution in [3.05, 3.63) is 42.7 Å². The van der Waals surface area contributed by atoms with Crippen molar-refractivity contribution >= 4 is 16.6 Å². The average Bonchev–Trinajstić information content (AvgIpc) is 2.93. The van der Waals surface area contributed by atoms with E-state index < -0.39 is 12.1 Å². The average molecular weight is 398 g/mol. The molecule has 3 aromatic rings. The largest absolute Gasteiger partial charge is 0.507 e. The molecule has 2 saturated heterocycles. The number of nitrogens with one attached hydrogen (secondary N) is 2. The van der Waals surface area contributed by atoms with Crippen LogP contribution in [0.4, 0.5) is 14.6 Å². The van der Waals surface area contributed by atoms with Crippen LogP contribution in [0.15, 0.2) is 42.7 Å². The summed E-state index contributed by atoms with van der Waals surface area (Å²) in [6, 6.07) is 8.68. The van der Waals surface area contributed by atoms with Crippen LogP contribution in [-0.2, 0) is 0 Å². The number of aromatic nitrogens is 3. The molecule has 3 N–H and O–H groups in total. The molecule has 3 atom stereocenters. The van der Waals surface area contributed by atoms with Gasteiger partial charge in [-0.2, -0.15) is 0 Å². The van der Waals surface area contributed by atoms with Crippen LogP contribution < -0.4 is 15.5 Å². The van der Waals surface area contributed by atoms with Gasteiger partial charge in [0.2, 0.25) is 0 Å². The smallest absolute Gasteiger partial charge is 0.277 e. The van der Waals surface area contributed by atoms with E-state index in [4.69, 9.17) is 0 Å². The molecule has 150 valence electrons. The molecule has 0 amide bonds. The first-order valence-electron chi connectivity index (χ1n) is 9.44. The van der Waals surface area contributed by atoms with Crippen molar-refractivity contribution < 1.29 is 13.9 Å². The molecule has 2 aromatic heterocycles. The molecule has 0 saturated carbocycles. The topological polar surface area (TPSA) is 86.2 Å². The van der Waals surface area contributed by atoms with Gasteiger partial charge < -0.3 is 10.0 Å². The number of nitrogens with zero attached hydrogens (tertiary/aromatic N) is 4. The highest BCUT2D eigenvalue weighted by Gasteiger charge is 2.53. The van der Waals surface area contributed by atoms with E-state index in [0.29, 0.717) is 23.5 Å². The minimum absolute atomic E-state index is 0.0970. The van der Waals surface area contributed by atoms with Crippen LogP contribution >= 0.6 is 0 Å². The van der Waals surface area contributed by atoms with E-state index in [9.17, 15) is 13.9 Å². The summed E-state index contributed by atoms with van der Waals surface area (Å²) >= 11 is 0. The van der Waals surface area contributed by atoms with Gasteiger partial charge in [0, 0.05) is 42.9 Å². The highest BCUT2D eigenvalue weighted by Crippen LogP contribution is 2.36. The molecule has 2 aliphatic heterocycles. The van der Waals surface area contributed by atoms with Gasteiger partial charge in [0.05, 0.1) is 11.9 Å². The van der Waals surface area contributed by atoms with Crippen molar-refractivity contribution in [2.75, 3.05) is 11.9 Å². The summed E-state index contributed by atoms with van der Waals surface area (Å²) in [5, 5.41) is 26.5. The van der Waals surface area contributed by atoms with Gasteiger partial charge in [-0.3, -0.25) is 15.6 Å². The van der Waals surface area contributed by atoms with Crippen molar-refractivity contribution in [1.29, 1.82) is 0 Å². The second kappa shape index (κ2) is 6.57. The lowest BCUT2D eigenvalue weighted by Gasteiger charge is -2.37. The molecule has 0 spiro atoms. The highest BCUT2D eigenvalue weighted by atomic mass is 19.3. The predicted octanol–water partition coefficient (Wildman–Crippen LogP) is 2.48. The van der Waals surface area contributed by atoms with E-state index in [1.807, 2.05) is 24.1 Å². The van der Waals surface area contributed by atoms with Crippen LogP contribution in [0.2, 0.25) is 0 Å². The fraction of sp³-hybridized carbons (Fsp3) is 0.350. The lowest BCUT2D eigenvalue weighted by atomic mass is 10.1. The Hall–Kier alpha value is -2.91. The maximum absolute atomic E-state index is 13.9.